The SMILES string of the molecule is Cc1cc(NC(=O)c2ccc(COc3ccccc3Cl)o2)nn1Cc1ccc(F)cc1Cl. The minimum atomic E-state index is -0.446. The lowest BCUT2D eigenvalue weighted by molar-refractivity contribution is 0.0992. The minimum Gasteiger partial charge on any atom is -0.484 e. The molecule has 0 radical (unpaired) electrons. The molecule has 0 atom stereocenters. The van der Waals surface area contributed by atoms with Gasteiger partial charge in [0.2, 0.25) is 0 Å². The van der Waals surface area contributed by atoms with E-state index in [0.717, 1.165) is 5.69 Å². The van der Waals surface area contributed by atoms with Crippen LogP contribution in [0.25, 0.3) is 0 Å². The minimum absolute atomic E-state index is 0.122. The number of nitrogens with zero attached hydrogens (tertiary/aromatic N) is 2. The highest BCUT2D eigenvalue weighted by atomic mass is 35.5. The molecular weight excluding hydrogens is 456 g/mol. The van der Waals surface area contributed by atoms with Crippen LogP contribution in [0.15, 0.2) is 65.1 Å². The van der Waals surface area contributed by atoms with Crippen molar-refractivity contribution < 1.29 is 18.3 Å². The van der Waals surface area contributed by atoms with Gasteiger partial charge in [-0.05, 0) is 48.9 Å². The average Bonchev–Trinajstić information content (AvgIpc) is 3.36. The number of amides is 1. The zero-order chi connectivity index (χ0) is 22.7. The standard InChI is InChI=1S/C23H18Cl2FN3O3/c1-14-10-22(28-29(14)12-15-6-7-16(26)11-19(15)25)27-23(30)21-9-8-17(32-21)13-31-20-5-3-2-4-18(20)24/h2-11H,12-13H2,1H3,(H,27,28,30). The van der Waals surface area contributed by atoms with Crippen LogP contribution in [-0.2, 0) is 13.2 Å². The number of benzene rings is 2. The zero-order valence-electron chi connectivity index (χ0n) is 16.9. The molecule has 0 unspecified atom stereocenters. The molecule has 1 amide bonds. The number of anilines is 1. The number of halogens is 3. The third-order valence-corrected chi connectivity index (χ3v) is 5.31. The van der Waals surface area contributed by atoms with E-state index in [-0.39, 0.29) is 12.4 Å². The van der Waals surface area contributed by atoms with Crippen LogP contribution < -0.4 is 10.1 Å². The van der Waals surface area contributed by atoms with Crippen LogP contribution in [0.3, 0.4) is 0 Å². The van der Waals surface area contributed by atoms with Crippen molar-refractivity contribution in [3.63, 3.8) is 0 Å². The maximum atomic E-state index is 13.3. The van der Waals surface area contributed by atoms with Crippen LogP contribution >= 0.6 is 23.2 Å². The van der Waals surface area contributed by atoms with Crippen molar-refractivity contribution in [1.82, 2.24) is 9.78 Å². The van der Waals surface area contributed by atoms with Gasteiger partial charge in [0.05, 0.1) is 11.6 Å². The van der Waals surface area contributed by atoms with Crippen LogP contribution in [0.5, 0.6) is 5.75 Å². The molecule has 164 valence electrons. The highest BCUT2D eigenvalue weighted by molar-refractivity contribution is 6.32. The molecule has 0 saturated carbocycles. The quantitative estimate of drug-likeness (QED) is 0.351. The summed E-state index contributed by atoms with van der Waals surface area (Å²) in [7, 11) is 0. The molecule has 2 aromatic heterocycles. The number of aryl methyl sites for hydroxylation is 1. The van der Waals surface area contributed by atoms with E-state index in [9.17, 15) is 9.18 Å². The van der Waals surface area contributed by atoms with E-state index in [0.29, 0.717) is 39.5 Å². The van der Waals surface area contributed by atoms with Crippen molar-refractivity contribution in [2.45, 2.75) is 20.1 Å². The van der Waals surface area contributed by atoms with Crippen LogP contribution in [0.4, 0.5) is 10.2 Å². The van der Waals surface area contributed by atoms with Gasteiger partial charge in [-0.3, -0.25) is 9.48 Å². The third kappa shape index (κ3) is 5.12. The molecule has 32 heavy (non-hydrogen) atoms. The lowest BCUT2D eigenvalue weighted by Gasteiger charge is -2.06. The summed E-state index contributed by atoms with van der Waals surface area (Å²) in [4.78, 5) is 12.5. The summed E-state index contributed by atoms with van der Waals surface area (Å²) in [5.41, 5.74) is 1.51. The van der Waals surface area contributed by atoms with E-state index in [1.807, 2.05) is 19.1 Å². The second kappa shape index (κ2) is 9.46. The topological polar surface area (TPSA) is 69.3 Å². The van der Waals surface area contributed by atoms with Gasteiger partial charge in [0.1, 0.15) is 23.9 Å². The fourth-order valence-electron chi connectivity index (χ4n) is 3.01. The first-order valence-electron chi connectivity index (χ1n) is 9.65. The molecule has 6 nitrogen and oxygen atoms in total. The van der Waals surface area contributed by atoms with E-state index >= 15 is 0 Å². The summed E-state index contributed by atoms with van der Waals surface area (Å²) in [6.45, 7) is 2.31. The van der Waals surface area contributed by atoms with Crippen LogP contribution in [-0.4, -0.2) is 15.7 Å². The zero-order valence-corrected chi connectivity index (χ0v) is 18.5. The molecule has 9 heteroatoms. The van der Waals surface area contributed by atoms with Crippen LogP contribution in [0.2, 0.25) is 10.0 Å². The first-order chi connectivity index (χ1) is 15.4. The van der Waals surface area contributed by atoms with Crippen LogP contribution in [0, 0.1) is 12.7 Å². The van der Waals surface area contributed by atoms with Gasteiger partial charge in [-0.1, -0.05) is 41.4 Å². The van der Waals surface area contributed by atoms with E-state index in [1.54, 1.807) is 41.1 Å². The van der Waals surface area contributed by atoms with Gasteiger partial charge in [-0.2, -0.15) is 5.10 Å². The number of carbonyl (C=O) groups excluding carboxylic acids is 1. The maximum absolute atomic E-state index is 13.3. The van der Waals surface area contributed by atoms with Gasteiger partial charge in [-0.25, -0.2) is 4.39 Å². The van der Waals surface area contributed by atoms with E-state index < -0.39 is 11.7 Å². The molecule has 0 aliphatic rings. The first kappa shape index (κ1) is 21.9. The molecular formula is C23H18Cl2FN3O3. The number of furan rings is 1. The predicted molar refractivity (Wildman–Crippen MR) is 120 cm³/mol. The van der Waals surface area contributed by atoms with Gasteiger partial charge in [0.25, 0.3) is 5.91 Å². The normalized spacial score (nSPS) is 10.9. The summed E-state index contributed by atoms with van der Waals surface area (Å²) >= 11 is 12.2. The molecule has 2 aromatic carbocycles. The van der Waals surface area contributed by atoms with Gasteiger partial charge >= 0.3 is 0 Å². The Labute approximate surface area is 193 Å². The highest BCUT2D eigenvalue weighted by Gasteiger charge is 2.15. The molecule has 2 heterocycles. The molecule has 0 bridgehead atoms. The lowest BCUT2D eigenvalue weighted by Crippen LogP contribution is -2.12. The van der Waals surface area contributed by atoms with Crippen molar-refractivity contribution in [3.8, 4) is 5.75 Å². The number of para-hydroxylation sites is 1. The Balaban J connectivity index is 1.39. The Kier molecular flexibility index (Phi) is 6.48. The number of carbonyl (C=O) groups is 1. The van der Waals surface area contributed by atoms with E-state index in [2.05, 4.69) is 10.4 Å². The van der Waals surface area contributed by atoms with E-state index in [1.165, 1.54) is 12.1 Å². The monoisotopic (exact) mass is 473 g/mol. The van der Waals surface area contributed by atoms with Crippen molar-refractivity contribution in [1.29, 1.82) is 0 Å². The third-order valence-electron chi connectivity index (χ3n) is 4.65. The van der Waals surface area contributed by atoms with Gasteiger partial charge < -0.3 is 14.5 Å². The molecule has 0 spiro atoms. The maximum Gasteiger partial charge on any atom is 0.292 e. The number of rotatable bonds is 7. The average molecular weight is 474 g/mol. The molecule has 0 aliphatic heterocycles. The Hall–Kier alpha value is -3.29. The largest absolute Gasteiger partial charge is 0.484 e. The summed E-state index contributed by atoms with van der Waals surface area (Å²) in [6, 6.07) is 16.2. The number of hydrogen-bond donors (Lipinski definition) is 1. The van der Waals surface area contributed by atoms with Gasteiger partial charge in [-0.15, -0.1) is 0 Å². The van der Waals surface area contributed by atoms with E-state index in [4.69, 9.17) is 32.4 Å². The summed E-state index contributed by atoms with van der Waals surface area (Å²) in [6.07, 6.45) is 0. The molecule has 0 fully saturated rings. The Morgan fingerprint density at radius 2 is 1.94 bits per heavy atom. The summed E-state index contributed by atoms with van der Waals surface area (Å²) in [5, 5.41) is 7.89. The predicted octanol–water partition coefficient (Wildman–Crippen LogP) is 6.11. The van der Waals surface area contributed by atoms with Gasteiger partial charge in [0.15, 0.2) is 11.6 Å². The molecule has 0 saturated heterocycles. The molecule has 1 N–H and O–H groups in total. The smallest absolute Gasteiger partial charge is 0.292 e. The van der Waals surface area contributed by atoms with Crippen molar-refractivity contribution in [2.75, 3.05) is 5.32 Å². The number of aromatic nitrogens is 2. The molecule has 4 aromatic rings. The Morgan fingerprint density at radius 3 is 2.72 bits per heavy atom. The fraction of sp³-hybridized carbons (Fsp3) is 0.130. The first-order valence-corrected chi connectivity index (χ1v) is 10.4. The molecule has 0 aliphatic carbocycles. The highest BCUT2D eigenvalue weighted by Crippen LogP contribution is 2.25. The summed E-state index contributed by atoms with van der Waals surface area (Å²) in [5.74, 6) is 0.631. The van der Waals surface area contributed by atoms with Crippen molar-refractivity contribution in [3.05, 3.63) is 99.3 Å². The van der Waals surface area contributed by atoms with Crippen molar-refractivity contribution >= 4 is 34.9 Å². The summed E-state index contributed by atoms with van der Waals surface area (Å²) < 4.78 is 26.1. The second-order valence-electron chi connectivity index (χ2n) is 7.00. The second-order valence-corrected chi connectivity index (χ2v) is 7.82. The Bertz CT molecular complexity index is 1270. The van der Waals surface area contributed by atoms with Crippen molar-refractivity contribution in [2.24, 2.45) is 0 Å². The Morgan fingerprint density at radius 1 is 1.12 bits per heavy atom. The van der Waals surface area contributed by atoms with Crippen LogP contribution in [0.1, 0.15) is 27.6 Å². The van der Waals surface area contributed by atoms with Gasteiger partial charge in [0, 0.05) is 16.8 Å². The number of ether oxygens (including phenoxy) is 1. The number of nitrogens with one attached hydrogen (secondary N) is 1. The number of hydrogen-bond acceptors (Lipinski definition) is 4. The molecule has 4 rings (SSSR count). The fourth-order valence-corrected chi connectivity index (χ4v) is 3.43. The lowest BCUT2D eigenvalue weighted by atomic mass is 10.2.